The predicted molar refractivity (Wildman–Crippen MR) is 105 cm³/mol. The number of methoxy groups -OCH3 is 3. The third kappa shape index (κ3) is 3.00. The van der Waals surface area contributed by atoms with Crippen LogP contribution in [0.25, 0.3) is 0 Å². The molecule has 2 aromatic carbocycles. The van der Waals surface area contributed by atoms with E-state index in [9.17, 15) is 9.59 Å². The highest BCUT2D eigenvalue weighted by Crippen LogP contribution is 2.47. The molecule has 2 aliphatic heterocycles. The number of nitrogens with zero attached hydrogens (tertiary/aromatic N) is 1. The number of rotatable bonds is 4. The summed E-state index contributed by atoms with van der Waals surface area (Å²) in [4.78, 5) is 26.5. The second-order valence-electron chi connectivity index (χ2n) is 7.10. The number of carbonyl (C=O) groups excluding carboxylic acids is 2. The Morgan fingerprint density at radius 3 is 2.66 bits per heavy atom. The molecular weight excluding hydrogens is 376 g/mol. The van der Waals surface area contributed by atoms with Crippen LogP contribution >= 0.6 is 0 Å². The topological polar surface area (TPSA) is 86.3 Å². The van der Waals surface area contributed by atoms with E-state index in [1.165, 1.54) is 14.2 Å². The molecule has 2 atom stereocenters. The minimum Gasteiger partial charge on any atom is -0.497 e. The monoisotopic (exact) mass is 398 g/mol. The SMILES string of the molecule is COC(=O)c1ccc2c(c1)C1CC(C)(O2)N(c2ccc(OC)cc2OC)C(=O)N1. The highest BCUT2D eigenvalue weighted by molar-refractivity contribution is 5.97. The smallest absolute Gasteiger partial charge is 0.337 e. The van der Waals surface area contributed by atoms with Gasteiger partial charge >= 0.3 is 12.0 Å². The Bertz CT molecular complexity index is 991. The fourth-order valence-corrected chi connectivity index (χ4v) is 3.95. The van der Waals surface area contributed by atoms with Gasteiger partial charge in [0.2, 0.25) is 0 Å². The third-order valence-corrected chi connectivity index (χ3v) is 5.32. The van der Waals surface area contributed by atoms with E-state index >= 15 is 0 Å². The van der Waals surface area contributed by atoms with Crippen molar-refractivity contribution in [3.05, 3.63) is 47.5 Å². The number of nitrogens with one attached hydrogen (secondary N) is 1. The second kappa shape index (κ2) is 6.88. The fourth-order valence-electron chi connectivity index (χ4n) is 3.95. The Hall–Kier alpha value is -3.42. The summed E-state index contributed by atoms with van der Waals surface area (Å²) in [5.74, 6) is 1.28. The van der Waals surface area contributed by atoms with Gasteiger partial charge in [-0.25, -0.2) is 9.59 Å². The fraction of sp³-hybridized carbons (Fsp3) is 0.333. The van der Waals surface area contributed by atoms with Crippen LogP contribution in [0.1, 0.15) is 35.3 Å². The Kier molecular flexibility index (Phi) is 4.49. The Balaban J connectivity index is 1.76. The van der Waals surface area contributed by atoms with Crippen molar-refractivity contribution in [3.8, 4) is 17.2 Å². The van der Waals surface area contributed by atoms with Crippen molar-refractivity contribution >= 4 is 17.7 Å². The Morgan fingerprint density at radius 2 is 1.97 bits per heavy atom. The molecule has 2 unspecified atom stereocenters. The van der Waals surface area contributed by atoms with Crippen molar-refractivity contribution in [2.24, 2.45) is 0 Å². The van der Waals surface area contributed by atoms with E-state index in [-0.39, 0.29) is 12.1 Å². The van der Waals surface area contributed by atoms with Gasteiger partial charge in [0, 0.05) is 18.1 Å². The quantitative estimate of drug-likeness (QED) is 0.796. The van der Waals surface area contributed by atoms with E-state index in [2.05, 4.69) is 5.32 Å². The molecule has 0 spiro atoms. The average molecular weight is 398 g/mol. The van der Waals surface area contributed by atoms with Gasteiger partial charge < -0.3 is 24.3 Å². The van der Waals surface area contributed by atoms with Crippen LogP contribution in [0.2, 0.25) is 0 Å². The molecule has 29 heavy (non-hydrogen) atoms. The maximum absolute atomic E-state index is 13.1. The minimum atomic E-state index is -0.936. The molecule has 152 valence electrons. The van der Waals surface area contributed by atoms with E-state index in [0.29, 0.717) is 34.9 Å². The summed E-state index contributed by atoms with van der Waals surface area (Å²) in [6.07, 6.45) is 0.492. The first-order valence-corrected chi connectivity index (χ1v) is 9.14. The molecular formula is C21H22N2O6. The van der Waals surface area contributed by atoms with Crippen molar-refractivity contribution in [2.45, 2.75) is 25.1 Å². The number of benzene rings is 2. The molecule has 8 heteroatoms. The van der Waals surface area contributed by atoms with Gasteiger partial charge in [-0.1, -0.05) is 0 Å². The van der Waals surface area contributed by atoms with Crippen LogP contribution < -0.4 is 24.4 Å². The highest BCUT2D eigenvalue weighted by Gasteiger charge is 2.50. The zero-order valence-corrected chi connectivity index (χ0v) is 16.6. The van der Waals surface area contributed by atoms with Crippen LogP contribution in [0, 0.1) is 0 Å². The zero-order chi connectivity index (χ0) is 20.8. The van der Waals surface area contributed by atoms with Gasteiger partial charge in [-0.05, 0) is 37.3 Å². The number of hydrogen-bond donors (Lipinski definition) is 1. The summed E-state index contributed by atoms with van der Waals surface area (Å²) >= 11 is 0. The number of hydrogen-bond acceptors (Lipinski definition) is 6. The molecule has 0 aliphatic carbocycles. The normalized spacial score (nSPS) is 22.1. The third-order valence-electron chi connectivity index (χ3n) is 5.32. The van der Waals surface area contributed by atoms with Crippen molar-refractivity contribution in [2.75, 3.05) is 26.2 Å². The predicted octanol–water partition coefficient (Wildman–Crippen LogP) is 3.26. The Morgan fingerprint density at radius 1 is 1.17 bits per heavy atom. The molecule has 0 saturated carbocycles. The molecule has 0 aromatic heterocycles. The van der Waals surface area contributed by atoms with Gasteiger partial charge in [0.05, 0.1) is 38.6 Å². The Labute approximate surface area is 168 Å². The van der Waals surface area contributed by atoms with Crippen molar-refractivity contribution in [3.63, 3.8) is 0 Å². The summed E-state index contributed by atoms with van der Waals surface area (Å²) in [5.41, 5.74) is 0.794. The van der Waals surface area contributed by atoms with Crippen molar-refractivity contribution in [1.82, 2.24) is 5.32 Å². The van der Waals surface area contributed by atoms with Crippen LogP contribution in [0.4, 0.5) is 10.5 Å². The number of ether oxygens (including phenoxy) is 4. The van der Waals surface area contributed by atoms with Gasteiger partial charge in [0.15, 0.2) is 5.72 Å². The zero-order valence-electron chi connectivity index (χ0n) is 16.6. The first-order chi connectivity index (χ1) is 13.9. The average Bonchev–Trinajstić information content (AvgIpc) is 2.72. The van der Waals surface area contributed by atoms with Gasteiger partial charge in [-0.15, -0.1) is 0 Å². The van der Waals surface area contributed by atoms with Gasteiger partial charge in [0.25, 0.3) is 0 Å². The molecule has 1 N–H and O–H groups in total. The lowest BCUT2D eigenvalue weighted by Crippen LogP contribution is -2.65. The summed E-state index contributed by atoms with van der Waals surface area (Å²) < 4.78 is 21.8. The number of urea groups is 1. The summed E-state index contributed by atoms with van der Waals surface area (Å²) in [5, 5.41) is 3.01. The molecule has 2 amide bonds. The first-order valence-electron chi connectivity index (χ1n) is 9.14. The van der Waals surface area contributed by atoms with E-state index < -0.39 is 11.7 Å². The number of esters is 1. The van der Waals surface area contributed by atoms with Crippen LogP contribution in [-0.4, -0.2) is 39.1 Å². The van der Waals surface area contributed by atoms with Crippen molar-refractivity contribution in [1.29, 1.82) is 0 Å². The largest absolute Gasteiger partial charge is 0.497 e. The lowest BCUT2D eigenvalue weighted by molar-refractivity contribution is 0.0374. The van der Waals surface area contributed by atoms with E-state index in [1.807, 2.05) is 6.92 Å². The van der Waals surface area contributed by atoms with E-state index in [1.54, 1.807) is 48.4 Å². The number of amides is 2. The van der Waals surface area contributed by atoms with E-state index in [4.69, 9.17) is 18.9 Å². The van der Waals surface area contributed by atoms with E-state index in [0.717, 1.165) is 5.56 Å². The summed E-state index contributed by atoms with van der Waals surface area (Å²) in [7, 11) is 4.44. The second-order valence-corrected chi connectivity index (χ2v) is 7.10. The molecule has 2 bridgehead atoms. The molecule has 4 rings (SSSR count). The molecule has 0 radical (unpaired) electrons. The standard InChI is InChI=1S/C21H22N2O6/c1-21-11-15(14-9-12(19(24)28-4)5-8-17(14)29-21)22-20(25)23(21)16-7-6-13(26-2)10-18(16)27-3/h5-10,15H,11H2,1-4H3,(H,22,25). The molecule has 2 aromatic rings. The lowest BCUT2D eigenvalue weighted by atomic mass is 9.89. The number of carbonyl (C=O) groups is 2. The summed E-state index contributed by atoms with van der Waals surface area (Å²) in [6, 6.07) is 9.72. The lowest BCUT2D eigenvalue weighted by Gasteiger charge is -2.50. The van der Waals surface area contributed by atoms with Crippen LogP contribution in [0.3, 0.4) is 0 Å². The maximum atomic E-state index is 13.1. The van der Waals surface area contributed by atoms with Gasteiger partial charge in [-0.3, -0.25) is 4.90 Å². The summed E-state index contributed by atoms with van der Waals surface area (Å²) in [6.45, 7) is 1.86. The highest BCUT2D eigenvalue weighted by atomic mass is 16.5. The molecule has 1 fully saturated rings. The molecule has 1 saturated heterocycles. The number of anilines is 1. The molecule has 2 aliphatic rings. The minimum absolute atomic E-state index is 0.290. The van der Waals surface area contributed by atoms with Gasteiger partial charge in [-0.2, -0.15) is 0 Å². The van der Waals surface area contributed by atoms with Gasteiger partial charge in [0.1, 0.15) is 17.2 Å². The first kappa shape index (κ1) is 18.9. The number of fused-ring (bicyclic) bond motifs is 4. The van der Waals surface area contributed by atoms with Crippen molar-refractivity contribution < 1.29 is 28.5 Å². The maximum Gasteiger partial charge on any atom is 0.337 e. The molecule has 8 nitrogen and oxygen atoms in total. The van der Waals surface area contributed by atoms with Crippen LogP contribution in [0.5, 0.6) is 17.2 Å². The van der Waals surface area contributed by atoms with Crippen LogP contribution in [0.15, 0.2) is 36.4 Å². The van der Waals surface area contributed by atoms with Crippen LogP contribution in [-0.2, 0) is 4.74 Å². The molecule has 2 heterocycles.